The van der Waals surface area contributed by atoms with Crippen LogP contribution >= 0.6 is 23.7 Å². The largest absolute Gasteiger partial charge is 0.322 e. The predicted octanol–water partition coefficient (Wildman–Crippen LogP) is 4.20. The van der Waals surface area contributed by atoms with Gasteiger partial charge < -0.3 is 5.32 Å². The van der Waals surface area contributed by atoms with Gasteiger partial charge in [-0.25, -0.2) is 4.31 Å². The third kappa shape index (κ3) is 5.11. The summed E-state index contributed by atoms with van der Waals surface area (Å²) in [4.78, 5) is 24.9. The van der Waals surface area contributed by atoms with Crippen LogP contribution in [0, 0.1) is 0 Å². The lowest BCUT2D eigenvalue weighted by molar-refractivity contribution is 0.101. The summed E-state index contributed by atoms with van der Waals surface area (Å²) in [7, 11) is 0. The van der Waals surface area contributed by atoms with Gasteiger partial charge in [-0.3, -0.25) is 9.59 Å². The summed E-state index contributed by atoms with van der Waals surface area (Å²) in [6.45, 7) is 3.65. The first kappa shape index (κ1) is 18.0. The second-order valence-electron chi connectivity index (χ2n) is 5.75. The smallest absolute Gasteiger partial charge is 0.255 e. The lowest BCUT2D eigenvalue weighted by Crippen LogP contribution is -2.26. The number of Topliss-reactive ketones (excluding diaryl/α,β-unsaturated/α-hetero) is 1. The van der Waals surface area contributed by atoms with Crippen LogP contribution in [0.5, 0.6) is 0 Å². The first-order valence-corrected chi connectivity index (χ1v) is 10.1. The SMILES string of the molecule is CC(=O)c1ccc(NC(=O)c2cccc(SN3CCSCC3)c2)cc1. The minimum Gasteiger partial charge on any atom is -0.322 e. The molecular weight excluding hydrogens is 352 g/mol. The molecule has 1 saturated heterocycles. The van der Waals surface area contributed by atoms with Gasteiger partial charge in [-0.05, 0) is 61.3 Å². The van der Waals surface area contributed by atoms with Crippen molar-refractivity contribution in [3.8, 4) is 0 Å². The Kier molecular flexibility index (Phi) is 6.18. The van der Waals surface area contributed by atoms with E-state index in [1.165, 1.54) is 6.92 Å². The molecule has 0 spiro atoms. The Morgan fingerprint density at radius 2 is 1.76 bits per heavy atom. The average molecular weight is 373 g/mol. The van der Waals surface area contributed by atoms with Gasteiger partial charge in [0.25, 0.3) is 5.91 Å². The van der Waals surface area contributed by atoms with Crippen LogP contribution in [0.15, 0.2) is 53.4 Å². The van der Waals surface area contributed by atoms with Crippen molar-refractivity contribution in [2.75, 3.05) is 29.9 Å². The molecule has 2 aromatic carbocycles. The fraction of sp³-hybridized carbons (Fsp3) is 0.263. The van der Waals surface area contributed by atoms with Crippen LogP contribution in [0.25, 0.3) is 0 Å². The molecule has 6 heteroatoms. The van der Waals surface area contributed by atoms with Gasteiger partial charge in [0.05, 0.1) is 0 Å². The number of benzene rings is 2. The molecule has 2 aromatic rings. The van der Waals surface area contributed by atoms with Gasteiger partial charge in [-0.1, -0.05) is 6.07 Å². The van der Waals surface area contributed by atoms with Gasteiger partial charge in [-0.15, -0.1) is 0 Å². The molecule has 0 unspecified atom stereocenters. The number of thioether (sulfide) groups is 1. The number of anilines is 1. The van der Waals surface area contributed by atoms with Crippen molar-refractivity contribution in [2.45, 2.75) is 11.8 Å². The molecule has 1 N–H and O–H groups in total. The van der Waals surface area contributed by atoms with Gasteiger partial charge in [0.1, 0.15) is 0 Å². The Hall–Kier alpha value is -1.76. The lowest BCUT2D eigenvalue weighted by atomic mass is 10.1. The minimum atomic E-state index is -0.146. The highest BCUT2D eigenvalue weighted by atomic mass is 32.2. The van der Waals surface area contributed by atoms with Crippen LogP contribution in [-0.4, -0.2) is 40.6 Å². The lowest BCUT2D eigenvalue weighted by Gasteiger charge is -2.24. The standard InChI is InChI=1S/C19H20N2O2S2/c1-14(22)15-5-7-17(8-6-15)20-19(23)16-3-2-4-18(13-16)25-21-9-11-24-12-10-21/h2-8,13H,9-12H2,1H3,(H,20,23). The van der Waals surface area contributed by atoms with Crippen molar-refractivity contribution in [1.82, 2.24) is 4.31 Å². The average Bonchev–Trinajstić information content (AvgIpc) is 2.63. The Bertz CT molecular complexity index is 756. The number of ketones is 1. The van der Waals surface area contributed by atoms with E-state index in [4.69, 9.17) is 0 Å². The molecule has 0 radical (unpaired) electrons. The molecule has 1 fully saturated rings. The van der Waals surface area contributed by atoms with Gasteiger partial charge >= 0.3 is 0 Å². The number of carbonyl (C=O) groups is 2. The summed E-state index contributed by atoms with van der Waals surface area (Å²) in [5.74, 6) is 2.18. The van der Waals surface area contributed by atoms with Crippen molar-refractivity contribution < 1.29 is 9.59 Å². The molecule has 25 heavy (non-hydrogen) atoms. The molecule has 1 amide bonds. The first-order valence-electron chi connectivity index (χ1n) is 8.15. The van der Waals surface area contributed by atoms with Crippen molar-refractivity contribution in [2.24, 2.45) is 0 Å². The fourth-order valence-electron chi connectivity index (χ4n) is 2.47. The molecule has 130 valence electrons. The maximum absolute atomic E-state index is 12.5. The van der Waals surface area contributed by atoms with E-state index in [-0.39, 0.29) is 11.7 Å². The molecule has 0 bridgehead atoms. The maximum atomic E-state index is 12.5. The highest BCUT2D eigenvalue weighted by Crippen LogP contribution is 2.26. The van der Waals surface area contributed by atoms with Crippen LogP contribution in [0.1, 0.15) is 27.6 Å². The Balaban J connectivity index is 1.65. The molecule has 1 heterocycles. The second-order valence-corrected chi connectivity index (χ2v) is 8.14. The zero-order chi connectivity index (χ0) is 17.6. The normalized spacial score (nSPS) is 14.9. The van der Waals surface area contributed by atoms with E-state index in [2.05, 4.69) is 9.62 Å². The molecule has 4 nitrogen and oxygen atoms in total. The van der Waals surface area contributed by atoms with Gasteiger partial charge in [0.15, 0.2) is 5.78 Å². The van der Waals surface area contributed by atoms with Crippen LogP contribution in [-0.2, 0) is 0 Å². The molecule has 0 aromatic heterocycles. The highest BCUT2D eigenvalue weighted by molar-refractivity contribution is 8.00. The quantitative estimate of drug-likeness (QED) is 0.630. The molecule has 0 saturated carbocycles. The second kappa shape index (κ2) is 8.56. The van der Waals surface area contributed by atoms with Gasteiger partial charge in [-0.2, -0.15) is 11.8 Å². The summed E-state index contributed by atoms with van der Waals surface area (Å²) in [6, 6.07) is 14.6. The zero-order valence-corrected chi connectivity index (χ0v) is 15.7. The zero-order valence-electron chi connectivity index (χ0n) is 14.0. The van der Waals surface area contributed by atoms with Crippen molar-refractivity contribution >= 4 is 41.1 Å². The van der Waals surface area contributed by atoms with Crippen molar-refractivity contribution in [3.63, 3.8) is 0 Å². The Labute approximate surface area is 156 Å². The van der Waals surface area contributed by atoms with E-state index < -0.39 is 0 Å². The maximum Gasteiger partial charge on any atom is 0.255 e. The van der Waals surface area contributed by atoms with Crippen LogP contribution in [0.2, 0.25) is 0 Å². The number of amides is 1. The summed E-state index contributed by atoms with van der Waals surface area (Å²) < 4.78 is 2.34. The Morgan fingerprint density at radius 3 is 2.44 bits per heavy atom. The van der Waals surface area contributed by atoms with Crippen LogP contribution < -0.4 is 5.32 Å². The first-order chi connectivity index (χ1) is 12.1. The molecule has 1 aliphatic heterocycles. The van der Waals surface area contributed by atoms with E-state index in [1.807, 2.05) is 36.0 Å². The van der Waals surface area contributed by atoms with E-state index >= 15 is 0 Å². The van der Waals surface area contributed by atoms with E-state index in [0.717, 1.165) is 29.5 Å². The fourth-order valence-corrected chi connectivity index (χ4v) is 4.59. The number of nitrogens with zero attached hydrogens (tertiary/aromatic N) is 1. The number of hydrogen-bond donors (Lipinski definition) is 1. The van der Waals surface area contributed by atoms with Gasteiger partial charge in [0.2, 0.25) is 0 Å². The summed E-state index contributed by atoms with van der Waals surface area (Å²) >= 11 is 3.69. The van der Waals surface area contributed by atoms with Crippen LogP contribution in [0.4, 0.5) is 5.69 Å². The van der Waals surface area contributed by atoms with Crippen LogP contribution in [0.3, 0.4) is 0 Å². The monoisotopic (exact) mass is 372 g/mol. The minimum absolute atomic E-state index is 0.0127. The summed E-state index contributed by atoms with van der Waals surface area (Å²) in [6.07, 6.45) is 0. The topological polar surface area (TPSA) is 49.4 Å². The molecule has 3 rings (SSSR count). The number of carbonyl (C=O) groups excluding carboxylic acids is 2. The molecule has 0 aliphatic carbocycles. The third-order valence-corrected chi connectivity index (χ3v) is 5.88. The van der Waals surface area contributed by atoms with Crippen molar-refractivity contribution in [3.05, 3.63) is 59.7 Å². The van der Waals surface area contributed by atoms with E-state index in [9.17, 15) is 9.59 Å². The number of rotatable bonds is 5. The molecule has 0 atom stereocenters. The Morgan fingerprint density at radius 1 is 1.04 bits per heavy atom. The number of hydrogen-bond acceptors (Lipinski definition) is 5. The predicted molar refractivity (Wildman–Crippen MR) is 106 cm³/mol. The molecular formula is C19H20N2O2S2. The summed E-state index contributed by atoms with van der Waals surface area (Å²) in [5.41, 5.74) is 1.95. The van der Waals surface area contributed by atoms with Gasteiger partial charge in [0, 0.05) is 46.3 Å². The molecule has 1 aliphatic rings. The van der Waals surface area contributed by atoms with Crippen molar-refractivity contribution in [1.29, 1.82) is 0 Å². The highest BCUT2D eigenvalue weighted by Gasteiger charge is 2.13. The third-order valence-electron chi connectivity index (χ3n) is 3.85. The number of nitrogens with one attached hydrogen (secondary N) is 1. The van der Waals surface area contributed by atoms with E-state index in [1.54, 1.807) is 36.2 Å². The summed E-state index contributed by atoms with van der Waals surface area (Å²) in [5, 5.41) is 2.88. The van der Waals surface area contributed by atoms with E-state index in [0.29, 0.717) is 16.8 Å².